The second-order valence-corrected chi connectivity index (χ2v) is 20.0. The van der Waals surface area contributed by atoms with Crippen LogP contribution in [-0.4, -0.2) is 58.8 Å². The summed E-state index contributed by atoms with van der Waals surface area (Å²) < 4.78 is 11.5. The van der Waals surface area contributed by atoms with Gasteiger partial charge in [0.05, 0.1) is 24.3 Å². The van der Waals surface area contributed by atoms with Crippen LogP contribution in [0.15, 0.2) is 187 Å². The third kappa shape index (κ3) is 11.7. The van der Waals surface area contributed by atoms with E-state index in [1.807, 2.05) is 91.0 Å². The topological polar surface area (TPSA) is 172 Å². The van der Waals surface area contributed by atoms with Crippen LogP contribution in [0.2, 0.25) is 6.82 Å². The van der Waals surface area contributed by atoms with Crippen molar-refractivity contribution in [2.45, 2.75) is 77.4 Å². The number of rotatable bonds is 14. The van der Waals surface area contributed by atoms with E-state index < -0.39 is 48.1 Å². The molecule has 0 heterocycles. The van der Waals surface area contributed by atoms with Gasteiger partial charge in [-0.2, -0.15) is 0 Å². The maximum absolute atomic E-state index is 14.1. The first-order valence-corrected chi connectivity index (χ1v) is 25.0. The van der Waals surface area contributed by atoms with E-state index in [1.165, 1.54) is 46.1 Å². The van der Waals surface area contributed by atoms with Crippen molar-refractivity contribution in [3.8, 4) is 0 Å². The molecule has 0 bridgehead atoms. The van der Waals surface area contributed by atoms with Crippen LogP contribution in [0.1, 0.15) is 102 Å². The molecule has 0 fully saturated rings. The first kappa shape index (κ1) is 57.0. The van der Waals surface area contributed by atoms with Crippen LogP contribution in [0.3, 0.4) is 0 Å². The van der Waals surface area contributed by atoms with Gasteiger partial charge in [0.1, 0.15) is 12.1 Å². The minimum absolute atomic E-state index is 0. The number of esters is 2. The van der Waals surface area contributed by atoms with Crippen LogP contribution in [0.5, 0.6) is 0 Å². The van der Waals surface area contributed by atoms with Gasteiger partial charge in [-0.25, -0.2) is 9.59 Å². The summed E-state index contributed by atoms with van der Waals surface area (Å²) in [5.74, 6) is -1.71. The van der Waals surface area contributed by atoms with Gasteiger partial charge in [0.2, 0.25) is 0 Å². The van der Waals surface area contributed by atoms with Gasteiger partial charge in [0.25, 0.3) is 0 Å². The van der Waals surface area contributed by atoms with E-state index in [1.54, 1.807) is 31.1 Å². The van der Waals surface area contributed by atoms with Gasteiger partial charge in [-0.1, -0.05) is 182 Å². The van der Waals surface area contributed by atoms with Gasteiger partial charge >= 0.3 is 54.5 Å². The van der Waals surface area contributed by atoms with Crippen LogP contribution in [0, 0.1) is 10.8 Å². The number of carbonyl (C=O) groups is 3. The number of carboxylic acid groups (broad SMARTS) is 1. The summed E-state index contributed by atoms with van der Waals surface area (Å²) >= 11 is 0. The fourth-order valence-electron chi connectivity index (χ4n) is 11.8. The normalized spacial score (nSPS) is 19.4. The van der Waals surface area contributed by atoms with Crippen LogP contribution in [0.4, 0.5) is 0 Å². The molecular formula is C64H63BNNaO9. The quantitative estimate of drug-likeness (QED) is 0.0617. The monoisotopic (exact) mass is 1020 g/mol. The maximum Gasteiger partial charge on any atom is 1.00 e. The molecule has 0 saturated heterocycles. The molecule has 0 spiro atoms. The van der Waals surface area contributed by atoms with Crippen molar-refractivity contribution < 1.29 is 74.1 Å². The smallest absolute Gasteiger partial charge is 0.870 e. The third-order valence-electron chi connectivity index (χ3n) is 15.4. The fraction of sp³-hybridized carbons (Fsp3) is 0.234. The Morgan fingerprint density at radius 1 is 0.618 bits per heavy atom. The van der Waals surface area contributed by atoms with Crippen LogP contribution in [-0.2, 0) is 59.2 Å². The molecule has 7 aromatic rings. The number of aromatic carboxylic acids is 1. The third-order valence-corrected chi connectivity index (χ3v) is 15.4. The predicted octanol–water partition coefficient (Wildman–Crippen LogP) is 8.10. The van der Waals surface area contributed by atoms with E-state index in [9.17, 15) is 29.6 Å². The Labute approximate surface area is 468 Å². The molecule has 0 amide bonds. The van der Waals surface area contributed by atoms with Crippen molar-refractivity contribution in [1.82, 2.24) is 5.23 Å². The van der Waals surface area contributed by atoms with Crippen molar-refractivity contribution in [1.29, 1.82) is 0 Å². The zero-order valence-corrected chi connectivity index (χ0v) is 44.5. The molecule has 76 heavy (non-hydrogen) atoms. The maximum atomic E-state index is 14.1. The zero-order chi connectivity index (χ0) is 50.7. The molecule has 4 aliphatic carbocycles. The number of hydrogen-bond donors (Lipinski definition) is 4. The van der Waals surface area contributed by atoms with Gasteiger partial charge in [-0.15, -0.1) is 0 Å². The first-order chi connectivity index (χ1) is 35.4. The van der Waals surface area contributed by atoms with Gasteiger partial charge in [0, 0.05) is 10.8 Å². The molecule has 10 nitrogen and oxygen atoms in total. The standard InChI is InChI=1S/C37H36BNO5.C26H22O3.CH4.Na.H2O/c1-38(42)39-33(20-25-10-4-3-5-11-25)36(41)44-34-32-15-9-8-14-30(32)24-37(34,31-21-28-12-6-7-13-29(28)22-31)23-26-16-18-27(19-17-26)35(40)43-2;27-24-23-8-4-3-7-21(23)16-26(24,15-17-9-11-18(12-10-17)25(28)29)22-13-19-5-1-2-6-20(19)14-22;;;/h3-19,21,33-34,39,42H,20,22-24H2,1-2H3;1-13,24,27H,14-16H2,(H,28,29);1H4;;1H2/q;;;+1;/p-1/t33-,34?,37?;;;;/m1..../s1. The molecular weight excluding hydrogens is 961 g/mol. The summed E-state index contributed by atoms with van der Waals surface area (Å²) in [6.45, 7) is 1.61. The minimum Gasteiger partial charge on any atom is -0.870 e. The molecule has 5 atom stereocenters. The summed E-state index contributed by atoms with van der Waals surface area (Å²) in [6, 6.07) is 56.7. The number of ether oxygens (including phenoxy) is 2. The second-order valence-electron chi connectivity index (χ2n) is 20.0. The van der Waals surface area contributed by atoms with E-state index in [2.05, 4.69) is 78.0 Å². The van der Waals surface area contributed by atoms with E-state index in [4.69, 9.17) is 9.47 Å². The summed E-state index contributed by atoms with van der Waals surface area (Å²) in [5, 5.41) is 34.0. The number of methoxy groups -OCH3 is 1. The Morgan fingerprint density at radius 2 is 1.08 bits per heavy atom. The van der Waals surface area contributed by atoms with Crippen molar-refractivity contribution >= 4 is 37.1 Å². The molecule has 4 unspecified atom stereocenters. The number of nitrogens with one attached hydrogen (secondary N) is 1. The second kappa shape index (κ2) is 24.6. The number of fused-ring (bicyclic) bond motifs is 4. The number of carbonyl (C=O) groups excluding carboxylic acids is 2. The van der Waals surface area contributed by atoms with Gasteiger partial charge in [-0.3, -0.25) is 4.79 Å². The molecule has 0 aliphatic heterocycles. The molecule has 0 saturated carbocycles. The molecule has 0 aromatic heterocycles. The average Bonchev–Trinajstić information content (AvgIpc) is 4.21. The largest absolute Gasteiger partial charge is 1.00 e. The minimum atomic E-state index is -0.923. The van der Waals surface area contributed by atoms with Gasteiger partial charge < -0.3 is 35.4 Å². The first-order valence-electron chi connectivity index (χ1n) is 25.0. The summed E-state index contributed by atoms with van der Waals surface area (Å²) in [4.78, 5) is 37.5. The summed E-state index contributed by atoms with van der Waals surface area (Å²) in [5.41, 5.74) is 14.6. The fourth-order valence-corrected chi connectivity index (χ4v) is 11.8. The Kier molecular flexibility index (Phi) is 18.4. The number of aliphatic hydroxyl groups is 1. The Hall–Kier alpha value is -6.67. The van der Waals surface area contributed by atoms with Gasteiger partial charge in [-0.05, 0) is 137 Å². The molecule has 4 aliphatic rings. The molecule has 382 valence electrons. The zero-order valence-electron chi connectivity index (χ0n) is 42.5. The van der Waals surface area contributed by atoms with Crippen molar-refractivity contribution in [2.75, 3.05) is 7.11 Å². The Morgan fingerprint density at radius 3 is 1.61 bits per heavy atom. The van der Waals surface area contributed by atoms with Crippen LogP contribution < -0.4 is 34.8 Å². The van der Waals surface area contributed by atoms with Gasteiger partial charge in [0.15, 0.2) is 0 Å². The van der Waals surface area contributed by atoms with E-state index >= 15 is 0 Å². The molecule has 7 aromatic carbocycles. The summed E-state index contributed by atoms with van der Waals surface area (Å²) in [7, 11) is 0.485. The molecule has 11 rings (SSSR count). The molecule has 5 N–H and O–H groups in total. The van der Waals surface area contributed by atoms with Crippen LogP contribution in [0.25, 0.3) is 12.2 Å². The van der Waals surface area contributed by atoms with Crippen LogP contribution >= 0.6 is 0 Å². The van der Waals surface area contributed by atoms with Crippen molar-refractivity contribution in [2.24, 2.45) is 10.8 Å². The van der Waals surface area contributed by atoms with Crippen molar-refractivity contribution in [3.05, 3.63) is 259 Å². The predicted molar refractivity (Wildman–Crippen MR) is 293 cm³/mol. The van der Waals surface area contributed by atoms with E-state index in [-0.39, 0.29) is 54.0 Å². The molecule has 0 radical (unpaired) electrons. The number of aliphatic hydroxyl groups excluding tert-OH is 1. The number of benzene rings is 7. The average molecular weight is 1020 g/mol. The van der Waals surface area contributed by atoms with E-state index in [0.29, 0.717) is 31.2 Å². The van der Waals surface area contributed by atoms with E-state index in [0.717, 1.165) is 52.6 Å². The Bertz CT molecular complexity index is 3250. The molecule has 12 heteroatoms. The van der Waals surface area contributed by atoms with Crippen molar-refractivity contribution in [3.63, 3.8) is 0 Å². The SMILES string of the molecule is C.COC(=O)c1ccc(CC2(C3=Cc4ccccc4C3)Cc3ccccc3C2OC(=O)[C@@H](Cc2ccccc2)NB(C)O)cc1.O=C(O)c1ccc(CC2(C3=Cc4ccccc4C3)Cc3ccccc3C2O)cc1.[Na+].[OH-]. The Balaban J connectivity index is 0.000000229. The number of carboxylic acids is 1. The number of hydrogen-bond acceptors (Lipinski definition) is 9. The summed E-state index contributed by atoms with van der Waals surface area (Å²) in [6.07, 6.45) is 8.12.